The first-order chi connectivity index (χ1) is 6.34. The molecule has 1 rings (SSSR count). The average molecular weight is 200 g/mol. The fourth-order valence-corrected chi connectivity index (χ4v) is 1.34. The summed E-state index contributed by atoms with van der Waals surface area (Å²) in [5, 5.41) is 9.41. The van der Waals surface area contributed by atoms with Crippen LogP contribution >= 0.6 is 0 Å². The summed E-state index contributed by atoms with van der Waals surface area (Å²) in [6.07, 6.45) is -1.72. The van der Waals surface area contributed by atoms with E-state index in [1.807, 2.05) is 13.0 Å². The predicted molar refractivity (Wildman–Crippen MR) is 51.5 cm³/mol. The van der Waals surface area contributed by atoms with Gasteiger partial charge in [0.05, 0.1) is 0 Å². The van der Waals surface area contributed by atoms with Gasteiger partial charge in [0.1, 0.15) is 6.10 Å². The molecule has 0 heterocycles. The van der Waals surface area contributed by atoms with Crippen LogP contribution in [0, 0.1) is 13.8 Å². The lowest BCUT2D eigenvalue weighted by molar-refractivity contribution is -0.0956. The van der Waals surface area contributed by atoms with E-state index in [1.165, 1.54) is 6.07 Å². The van der Waals surface area contributed by atoms with Gasteiger partial charge in [-0.1, -0.05) is 18.2 Å². The molecule has 78 valence electrons. The third-order valence-corrected chi connectivity index (χ3v) is 2.42. The molecule has 1 aromatic rings. The fraction of sp³-hybridized carbons (Fsp3) is 0.455. The predicted octanol–water partition coefficient (Wildman–Crippen LogP) is 2.99. The number of benzene rings is 1. The normalized spacial score (nSPS) is 14.1. The second-order valence-electron chi connectivity index (χ2n) is 3.65. The highest BCUT2D eigenvalue weighted by atomic mass is 19.3. The van der Waals surface area contributed by atoms with Gasteiger partial charge in [-0.3, -0.25) is 0 Å². The van der Waals surface area contributed by atoms with Gasteiger partial charge in [0.15, 0.2) is 0 Å². The summed E-state index contributed by atoms with van der Waals surface area (Å²) in [5.41, 5.74) is 1.94. The highest BCUT2D eigenvalue weighted by Crippen LogP contribution is 2.32. The third-order valence-electron chi connectivity index (χ3n) is 2.42. The van der Waals surface area contributed by atoms with Crippen LogP contribution < -0.4 is 0 Å². The Bertz CT molecular complexity index is 329. The highest BCUT2D eigenvalue weighted by molar-refractivity contribution is 5.35. The van der Waals surface area contributed by atoms with Crippen LogP contribution in [0.3, 0.4) is 0 Å². The molecule has 0 aliphatic carbocycles. The first-order valence-corrected chi connectivity index (χ1v) is 4.46. The number of hydrogen-bond donors (Lipinski definition) is 1. The zero-order valence-electron chi connectivity index (χ0n) is 8.51. The zero-order valence-corrected chi connectivity index (χ0v) is 8.51. The molecule has 1 aromatic carbocycles. The monoisotopic (exact) mass is 200 g/mol. The van der Waals surface area contributed by atoms with Crippen LogP contribution in [0.5, 0.6) is 0 Å². The van der Waals surface area contributed by atoms with Crippen molar-refractivity contribution in [1.29, 1.82) is 0 Å². The molecule has 1 atom stereocenters. The van der Waals surface area contributed by atoms with Crippen LogP contribution in [0.4, 0.5) is 8.78 Å². The van der Waals surface area contributed by atoms with Crippen LogP contribution in [-0.4, -0.2) is 11.0 Å². The molecular formula is C11H14F2O. The molecule has 14 heavy (non-hydrogen) atoms. The van der Waals surface area contributed by atoms with Crippen LogP contribution in [0.25, 0.3) is 0 Å². The van der Waals surface area contributed by atoms with Crippen molar-refractivity contribution in [2.24, 2.45) is 0 Å². The maximum atomic E-state index is 12.9. The third kappa shape index (κ3) is 2.10. The minimum Gasteiger partial charge on any atom is -0.382 e. The molecule has 1 nitrogen and oxygen atoms in total. The lowest BCUT2D eigenvalue weighted by Gasteiger charge is -2.20. The summed E-state index contributed by atoms with van der Waals surface area (Å²) in [7, 11) is 0. The van der Waals surface area contributed by atoms with Crippen LogP contribution in [0.1, 0.15) is 29.7 Å². The molecule has 3 heteroatoms. The molecular weight excluding hydrogens is 186 g/mol. The second kappa shape index (κ2) is 3.65. The molecule has 0 fully saturated rings. The maximum absolute atomic E-state index is 12.9. The van der Waals surface area contributed by atoms with E-state index >= 15 is 0 Å². The van der Waals surface area contributed by atoms with Gasteiger partial charge < -0.3 is 5.11 Å². The van der Waals surface area contributed by atoms with E-state index in [0.717, 1.165) is 18.1 Å². The van der Waals surface area contributed by atoms with Crippen molar-refractivity contribution < 1.29 is 13.9 Å². The minimum absolute atomic E-state index is 0.303. The Morgan fingerprint density at radius 3 is 2.36 bits per heavy atom. The standard InChI is InChI=1S/C11H14F2O/c1-7-5-4-6-9(8(7)2)10(14)11(3,12)13/h4-6,10,14H,1-3H3. The van der Waals surface area contributed by atoms with Gasteiger partial charge in [-0.15, -0.1) is 0 Å². The average Bonchev–Trinajstić information content (AvgIpc) is 2.07. The smallest absolute Gasteiger partial charge is 0.274 e. The van der Waals surface area contributed by atoms with E-state index < -0.39 is 12.0 Å². The zero-order chi connectivity index (χ0) is 10.9. The molecule has 0 saturated carbocycles. The number of aliphatic hydroxyl groups is 1. The van der Waals surface area contributed by atoms with Gasteiger partial charge in [-0.05, 0) is 30.5 Å². The molecule has 1 unspecified atom stereocenters. The van der Waals surface area contributed by atoms with Gasteiger partial charge in [0.2, 0.25) is 0 Å². The van der Waals surface area contributed by atoms with Gasteiger partial charge in [-0.2, -0.15) is 0 Å². The number of aliphatic hydroxyl groups excluding tert-OH is 1. The molecule has 0 amide bonds. The van der Waals surface area contributed by atoms with Gasteiger partial charge in [-0.25, -0.2) is 8.78 Å². The molecule has 0 aliphatic rings. The summed E-state index contributed by atoms with van der Waals surface area (Å²) >= 11 is 0. The van der Waals surface area contributed by atoms with Gasteiger partial charge >= 0.3 is 0 Å². The summed E-state index contributed by atoms with van der Waals surface area (Å²) < 4.78 is 25.7. The quantitative estimate of drug-likeness (QED) is 0.778. The first kappa shape index (κ1) is 11.1. The summed E-state index contributed by atoms with van der Waals surface area (Å²) in [6, 6.07) is 5.04. The lowest BCUT2D eigenvalue weighted by atomic mass is 9.96. The van der Waals surface area contributed by atoms with E-state index in [0.29, 0.717) is 5.56 Å². The summed E-state index contributed by atoms with van der Waals surface area (Å²) in [5.74, 6) is -3.10. The Morgan fingerprint density at radius 2 is 1.86 bits per heavy atom. The Balaban J connectivity index is 3.14. The number of aryl methyl sites for hydroxylation is 1. The van der Waals surface area contributed by atoms with E-state index in [9.17, 15) is 13.9 Å². The Labute approximate surface area is 82.4 Å². The second-order valence-corrected chi connectivity index (χ2v) is 3.65. The van der Waals surface area contributed by atoms with Crippen molar-refractivity contribution in [2.75, 3.05) is 0 Å². The lowest BCUT2D eigenvalue weighted by Crippen LogP contribution is -2.22. The fourth-order valence-electron chi connectivity index (χ4n) is 1.34. The number of rotatable bonds is 2. The molecule has 0 aromatic heterocycles. The van der Waals surface area contributed by atoms with Crippen molar-refractivity contribution in [1.82, 2.24) is 0 Å². The summed E-state index contributed by atoms with van der Waals surface area (Å²) in [4.78, 5) is 0. The molecule has 0 aliphatic heterocycles. The molecule has 1 N–H and O–H groups in total. The van der Waals surface area contributed by atoms with Gasteiger partial charge in [0.25, 0.3) is 5.92 Å². The van der Waals surface area contributed by atoms with Crippen LogP contribution in [-0.2, 0) is 0 Å². The van der Waals surface area contributed by atoms with Crippen molar-refractivity contribution in [3.05, 3.63) is 34.9 Å². The van der Waals surface area contributed by atoms with E-state index in [4.69, 9.17) is 0 Å². The Hall–Kier alpha value is -0.960. The van der Waals surface area contributed by atoms with Crippen LogP contribution in [0.2, 0.25) is 0 Å². The van der Waals surface area contributed by atoms with Crippen molar-refractivity contribution in [2.45, 2.75) is 32.8 Å². The Kier molecular flexibility index (Phi) is 2.90. The number of alkyl halides is 2. The molecule has 0 spiro atoms. The van der Waals surface area contributed by atoms with E-state index in [-0.39, 0.29) is 0 Å². The molecule has 0 radical (unpaired) electrons. The highest BCUT2D eigenvalue weighted by Gasteiger charge is 2.34. The Morgan fingerprint density at radius 1 is 1.29 bits per heavy atom. The summed E-state index contributed by atoms with van der Waals surface area (Å²) in [6.45, 7) is 4.29. The molecule has 0 bridgehead atoms. The number of hydrogen-bond acceptors (Lipinski definition) is 1. The van der Waals surface area contributed by atoms with E-state index in [2.05, 4.69) is 0 Å². The minimum atomic E-state index is -3.10. The van der Waals surface area contributed by atoms with Crippen molar-refractivity contribution >= 4 is 0 Å². The van der Waals surface area contributed by atoms with Crippen molar-refractivity contribution in [3.63, 3.8) is 0 Å². The van der Waals surface area contributed by atoms with Crippen LogP contribution in [0.15, 0.2) is 18.2 Å². The van der Waals surface area contributed by atoms with E-state index in [1.54, 1.807) is 13.0 Å². The SMILES string of the molecule is Cc1cccc(C(O)C(C)(F)F)c1C. The van der Waals surface area contributed by atoms with Gasteiger partial charge in [0, 0.05) is 6.92 Å². The topological polar surface area (TPSA) is 20.2 Å². The molecule has 0 saturated heterocycles. The van der Waals surface area contributed by atoms with Crippen molar-refractivity contribution in [3.8, 4) is 0 Å². The largest absolute Gasteiger partial charge is 0.382 e. The maximum Gasteiger partial charge on any atom is 0.274 e. The first-order valence-electron chi connectivity index (χ1n) is 4.46. The number of halogens is 2.